The quantitative estimate of drug-likeness (QED) is 0.369. The third-order valence-corrected chi connectivity index (χ3v) is 1.81. The fourth-order valence-corrected chi connectivity index (χ4v) is 1.09. The summed E-state index contributed by atoms with van der Waals surface area (Å²) in [5.41, 5.74) is 0. The van der Waals surface area contributed by atoms with E-state index in [2.05, 4.69) is 12.8 Å². The van der Waals surface area contributed by atoms with E-state index in [0.717, 1.165) is 6.42 Å². The van der Waals surface area contributed by atoms with E-state index in [1.54, 1.807) is 6.92 Å². The number of allylic oxidation sites excluding steroid dienone is 2. The smallest absolute Gasteiger partial charge is 0.310 e. The lowest BCUT2D eigenvalue weighted by molar-refractivity contribution is -0.147. The highest BCUT2D eigenvalue weighted by Crippen LogP contribution is 2.11. The second kappa shape index (κ2) is 8.37. The molecule has 0 fully saturated rings. The van der Waals surface area contributed by atoms with Crippen LogP contribution in [-0.2, 0) is 9.53 Å². The van der Waals surface area contributed by atoms with Crippen LogP contribution in [0.5, 0.6) is 0 Å². The zero-order chi connectivity index (χ0) is 10.8. The Bertz CT molecular complexity index is 223. The molecule has 1 atom stereocenters. The van der Waals surface area contributed by atoms with Gasteiger partial charge in [-0.05, 0) is 19.8 Å². The van der Waals surface area contributed by atoms with Crippen LogP contribution in [0.1, 0.15) is 33.1 Å². The van der Waals surface area contributed by atoms with Gasteiger partial charge in [0, 0.05) is 6.42 Å². The van der Waals surface area contributed by atoms with E-state index in [1.807, 2.05) is 12.2 Å². The van der Waals surface area contributed by atoms with Crippen molar-refractivity contribution in [1.82, 2.24) is 0 Å². The van der Waals surface area contributed by atoms with Gasteiger partial charge >= 0.3 is 5.97 Å². The third-order valence-electron chi connectivity index (χ3n) is 1.81. The van der Waals surface area contributed by atoms with Crippen LogP contribution in [0.15, 0.2) is 12.2 Å². The van der Waals surface area contributed by atoms with Gasteiger partial charge in [-0.1, -0.05) is 19.1 Å². The van der Waals surface area contributed by atoms with Crippen molar-refractivity contribution < 1.29 is 9.53 Å². The molecule has 0 saturated carbocycles. The summed E-state index contributed by atoms with van der Waals surface area (Å²) in [6.07, 6.45) is 11.3. The van der Waals surface area contributed by atoms with E-state index in [4.69, 9.17) is 11.2 Å². The molecule has 0 aromatic heterocycles. The van der Waals surface area contributed by atoms with Gasteiger partial charge in [-0.3, -0.25) is 4.79 Å². The van der Waals surface area contributed by atoms with Gasteiger partial charge in [-0.25, -0.2) is 0 Å². The van der Waals surface area contributed by atoms with Gasteiger partial charge in [0.15, 0.2) is 0 Å². The summed E-state index contributed by atoms with van der Waals surface area (Å²) in [5.74, 6) is 2.13. The summed E-state index contributed by atoms with van der Waals surface area (Å²) in [5, 5.41) is 0. The number of ether oxygens (including phenoxy) is 1. The largest absolute Gasteiger partial charge is 0.466 e. The zero-order valence-corrected chi connectivity index (χ0v) is 8.95. The average molecular weight is 194 g/mol. The molecule has 0 aromatic carbocycles. The maximum absolute atomic E-state index is 11.4. The van der Waals surface area contributed by atoms with Crippen molar-refractivity contribution >= 4 is 5.97 Å². The average Bonchev–Trinajstić information content (AvgIpc) is 2.17. The van der Waals surface area contributed by atoms with Crippen molar-refractivity contribution in [2.75, 3.05) is 6.61 Å². The highest BCUT2D eigenvalue weighted by Gasteiger charge is 2.16. The molecular formula is C12H18O2. The molecule has 2 nitrogen and oxygen atoms in total. The van der Waals surface area contributed by atoms with Crippen molar-refractivity contribution in [2.45, 2.75) is 33.1 Å². The molecule has 0 spiro atoms. The highest BCUT2D eigenvalue weighted by atomic mass is 16.5. The van der Waals surface area contributed by atoms with Crippen LogP contribution in [0.2, 0.25) is 0 Å². The number of hydrogen-bond donors (Lipinski definition) is 0. The van der Waals surface area contributed by atoms with E-state index in [0.29, 0.717) is 19.4 Å². The van der Waals surface area contributed by atoms with Gasteiger partial charge in [0.25, 0.3) is 0 Å². The third kappa shape index (κ3) is 5.42. The number of carbonyl (C=O) groups is 1. The Morgan fingerprint density at radius 1 is 1.50 bits per heavy atom. The number of rotatable bonds is 6. The van der Waals surface area contributed by atoms with Crippen LogP contribution >= 0.6 is 0 Å². The molecule has 0 aliphatic rings. The van der Waals surface area contributed by atoms with Gasteiger partial charge in [-0.2, -0.15) is 0 Å². The number of carbonyl (C=O) groups excluding carboxylic acids is 1. The molecule has 0 N–H and O–H groups in total. The Labute approximate surface area is 86.3 Å². The Morgan fingerprint density at radius 2 is 2.21 bits per heavy atom. The first-order valence-corrected chi connectivity index (χ1v) is 5.01. The Morgan fingerprint density at radius 3 is 2.71 bits per heavy atom. The molecular weight excluding hydrogens is 176 g/mol. The minimum Gasteiger partial charge on any atom is -0.466 e. The van der Waals surface area contributed by atoms with Crippen molar-refractivity contribution in [1.29, 1.82) is 0 Å². The molecule has 0 bridgehead atoms. The maximum atomic E-state index is 11.4. The Hall–Kier alpha value is -1.23. The van der Waals surface area contributed by atoms with E-state index in [-0.39, 0.29) is 11.9 Å². The summed E-state index contributed by atoms with van der Waals surface area (Å²) in [4.78, 5) is 11.4. The molecule has 0 rings (SSSR count). The highest BCUT2D eigenvalue weighted by molar-refractivity contribution is 5.73. The monoisotopic (exact) mass is 194 g/mol. The molecule has 2 heteroatoms. The minimum absolute atomic E-state index is 0.178. The summed E-state index contributed by atoms with van der Waals surface area (Å²) in [6, 6.07) is 0. The number of hydrogen-bond acceptors (Lipinski definition) is 2. The molecule has 0 aliphatic heterocycles. The molecule has 0 heterocycles. The summed E-state index contributed by atoms with van der Waals surface area (Å²) in [6.45, 7) is 4.27. The predicted octanol–water partition coefficient (Wildman–Crippen LogP) is 2.55. The molecule has 0 amide bonds. The number of terminal acetylenes is 1. The topological polar surface area (TPSA) is 26.3 Å². The summed E-state index contributed by atoms with van der Waals surface area (Å²) in [7, 11) is 0. The first-order chi connectivity index (χ1) is 6.76. The fourth-order valence-electron chi connectivity index (χ4n) is 1.09. The lowest BCUT2D eigenvalue weighted by Gasteiger charge is -2.10. The van der Waals surface area contributed by atoms with E-state index in [9.17, 15) is 4.79 Å². The van der Waals surface area contributed by atoms with Gasteiger partial charge in [0.05, 0.1) is 12.5 Å². The molecule has 0 saturated heterocycles. The van der Waals surface area contributed by atoms with Gasteiger partial charge in [-0.15, -0.1) is 12.3 Å². The van der Waals surface area contributed by atoms with Crippen molar-refractivity contribution in [3.05, 3.63) is 12.2 Å². The first-order valence-electron chi connectivity index (χ1n) is 5.01. The predicted molar refractivity (Wildman–Crippen MR) is 57.6 cm³/mol. The van der Waals surface area contributed by atoms with Crippen LogP contribution < -0.4 is 0 Å². The van der Waals surface area contributed by atoms with Gasteiger partial charge in [0.1, 0.15) is 0 Å². The fraction of sp³-hybridized carbons (Fsp3) is 0.583. The lowest BCUT2D eigenvalue weighted by Crippen LogP contribution is -2.16. The maximum Gasteiger partial charge on any atom is 0.310 e. The van der Waals surface area contributed by atoms with Crippen molar-refractivity contribution in [3.63, 3.8) is 0 Å². The number of esters is 1. The van der Waals surface area contributed by atoms with Gasteiger partial charge in [0.2, 0.25) is 0 Å². The van der Waals surface area contributed by atoms with E-state index in [1.165, 1.54) is 0 Å². The molecule has 0 radical (unpaired) electrons. The van der Waals surface area contributed by atoms with Gasteiger partial charge < -0.3 is 4.74 Å². The van der Waals surface area contributed by atoms with Crippen LogP contribution in [0.4, 0.5) is 0 Å². The molecule has 0 aromatic rings. The van der Waals surface area contributed by atoms with Crippen LogP contribution in [0.25, 0.3) is 0 Å². The second-order valence-electron chi connectivity index (χ2n) is 2.97. The van der Waals surface area contributed by atoms with Crippen molar-refractivity contribution in [2.24, 2.45) is 5.92 Å². The Balaban J connectivity index is 4.08. The first kappa shape index (κ1) is 12.8. The minimum atomic E-state index is -0.189. The van der Waals surface area contributed by atoms with E-state index < -0.39 is 0 Å². The standard InChI is InChI=1S/C12H18O2/c1-4-7-8-10-11(9-5-2)12(13)14-6-3/h2,7-8,11H,4,6,9-10H2,1,3H3/b8-7-. The van der Waals surface area contributed by atoms with Crippen LogP contribution in [0, 0.1) is 18.3 Å². The van der Waals surface area contributed by atoms with E-state index >= 15 is 0 Å². The zero-order valence-electron chi connectivity index (χ0n) is 8.95. The summed E-state index contributed by atoms with van der Waals surface area (Å²) < 4.78 is 4.92. The summed E-state index contributed by atoms with van der Waals surface area (Å²) >= 11 is 0. The normalized spacial score (nSPS) is 12.4. The Kier molecular flexibility index (Phi) is 7.64. The molecule has 78 valence electrons. The second-order valence-corrected chi connectivity index (χ2v) is 2.97. The molecule has 0 aliphatic carbocycles. The SMILES string of the molecule is C#CCC(C/C=C\CC)C(=O)OCC. The van der Waals surface area contributed by atoms with Crippen LogP contribution in [-0.4, -0.2) is 12.6 Å². The molecule has 1 unspecified atom stereocenters. The van der Waals surface area contributed by atoms with Crippen molar-refractivity contribution in [3.8, 4) is 12.3 Å². The van der Waals surface area contributed by atoms with Crippen LogP contribution in [0.3, 0.4) is 0 Å². The lowest BCUT2D eigenvalue weighted by atomic mass is 10.0. The molecule has 14 heavy (non-hydrogen) atoms.